The molecule has 1 radical (unpaired) electrons. The van der Waals surface area contributed by atoms with Crippen LogP contribution in [0.4, 0.5) is 0 Å². The lowest BCUT2D eigenvalue weighted by Gasteiger charge is -1.84. The molecule has 3 nitrogen and oxygen atoms in total. The molecule has 0 aliphatic carbocycles. The van der Waals surface area contributed by atoms with Gasteiger partial charge in [-0.1, -0.05) is 11.6 Å². The van der Waals surface area contributed by atoms with Crippen molar-refractivity contribution >= 4 is 11.6 Å². The van der Waals surface area contributed by atoms with E-state index in [9.17, 15) is 0 Å². The van der Waals surface area contributed by atoms with Crippen molar-refractivity contribution in [1.29, 1.82) is 0 Å². The van der Waals surface area contributed by atoms with Crippen LogP contribution in [0.5, 0.6) is 5.75 Å². The van der Waals surface area contributed by atoms with E-state index in [1.54, 1.807) is 0 Å². The lowest BCUT2D eigenvalue weighted by atomic mass is 10.5. The third kappa shape index (κ3) is 1.07. The van der Waals surface area contributed by atoms with E-state index in [0.717, 1.165) is 0 Å². The zero-order chi connectivity index (χ0) is 5.98. The fourth-order valence-corrected chi connectivity index (χ4v) is 0.439. The Morgan fingerprint density at radius 1 is 1.75 bits per heavy atom. The SMILES string of the molecule is Oc1[c]nnc(Cl)c1. The molecule has 8 heavy (non-hydrogen) atoms. The summed E-state index contributed by atoms with van der Waals surface area (Å²) in [6, 6.07) is 1.26. The Balaban J connectivity index is 3.08. The molecule has 0 aliphatic rings. The number of nitrogens with zero attached hydrogens (tertiary/aromatic N) is 2. The van der Waals surface area contributed by atoms with Crippen LogP contribution in [0, 0.1) is 6.20 Å². The van der Waals surface area contributed by atoms with Crippen molar-refractivity contribution in [2.24, 2.45) is 0 Å². The van der Waals surface area contributed by atoms with Crippen LogP contribution in [0.25, 0.3) is 0 Å². The van der Waals surface area contributed by atoms with Crippen molar-refractivity contribution in [2.45, 2.75) is 0 Å². The molecule has 0 fully saturated rings. The van der Waals surface area contributed by atoms with Gasteiger partial charge in [0.05, 0.1) is 0 Å². The summed E-state index contributed by atoms with van der Waals surface area (Å²) in [6.45, 7) is 0. The number of hydrogen-bond acceptors (Lipinski definition) is 3. The quantitative estimate of drug-likeness (QED) is 0.559. The summed E-state index contributed by atoms with van der Waals surface area (Å²) in [4.78, 5) is 0. The van der Waals surface area contributed by atoms with E-state index in [2.05, 4.69) is 16.4 Å². The van der Waals surface area contributed by atoms with Gasteiger partial charge < -0.3 is 5.11 Å². The van der Waals surface area contributed by atoms with E-state index in [-0.39, 0.29) is 10.9 Å². The summed E-state index contributed by atoms with van der Waals surface area (Å²) in [5.41, 5.74) is 0. The van der Waals surface area contributed by atoms with Crippen molar-refractivity contribution in [3.63, 3.8) is 0 Å². The summed E-state index contributed by atoms with van der Waals surface area (Å²) < 4.78 is 0. The van der Waals surface area contributed by atoms with Crippen molar-refractivity contribution in [3.05, 3.63) is 17.4 Å². The van der Waals surface area contributed by atoms with Gasteiger partial charge in [-0.2, -0.15) is 0 Å². The standard InChI is InChI=1S/C4H2ClN2O/c5-4-1-3(8)2-6-7-4/h1H,(H,7,8). The predicted molar refractivity (Wildman–Crippen MR) is 27.5 cm³/mol. The van der Waals surface area contributed by atoms with Crippen molar-refractivity contribution in [3.8, 4) is 5.75 Å². The first kappa shape index (κ1) is 5.31. The Morgan fingerprint density at radius 2 is 2.50 bits per heavy atom. The molecule has 0 aromatic carbocycles. The molecule has 1 aromatic heterocycles. The van der Waals surface area contributed by atoms with Gasteiger partial charge in [0.2, 0.25) is 0 Å². The maximum Gasteiger partial charge on any atom is 0.159 e. The molecule has 41 valence electrons. The van der Waals surface area contributed by atoms with E-state index in [1.807, 2.05) is 0 Å². The fraction of sp³-hybridized carbons (Fsp3) is 0. The largest absolute Gasteiger partial charge is 0.505 e. The molecule has 0 amide bonds. The zero-order valence-corrected chi connectivity index (χ0v) is 4.55. The van der Waals surface area contributed by atoms with Crippen LogP contribution in [0.3, 0.4) is 0 Å². The molecule has 4 heteroatoms. The Morgan fingerprint density at radius 3 is 2.88 bits per heavy atom. The smallest absolute Gasteiger partial charge is 0.159 e. The van der Waals surface area contributed by atoms with Crippen LogP contribution in [-0.2, 0) is 0 Å². The number of halogens is 1. The highest BCUT2D eigenvalue weighted by Crippen LogP contribution is 2.08. The molecule has 0 bridgehead atoms. The monoisotopic (exact) mass is 129 g/mol. The number of aromatic nitrogens is 2. The summed E-state index contributed by atoms with van der Waals surface area (Å²) in [5.74, 6) is -0.0926. The molecule has 0 atom stereocenters. The van der Waals surface area contributed by atoms with Gasteiger partial charge >= 0.3 is 0 Å². The highest BCUT2D eigenvalue weighted by Gasteiger charge is 1.89. The number of aromatic hydroxyl groups is 1. The first-order chi connectivity index (χ1) is 3.79. The molecule has 0 saturated carbocycles. The van der Waals surface area contributed by atoms with Crippen LogP contribution in [0.1, 0.15) is 0 Å². The van der Waals surface area contributed by atoms with Gasteiger partial charge in [-0.15, -0.1) is 10.2 Å². The average Bonchev–Trinajstić information content (AvgIpc) is 1.64. The van der Waals surface area contributed by atoms with Gasteiger partial charge in [-0.05, 0) is 0 Å². The van der Waals surface area contributed by atoms with Gasteiger partial charge in [-0.25, -0.2) is 0 Å². The molecule has 0 spiro atoms. The van der Waals surface area contributed by atoms with Crippen LogP contribution >= 0.6 is 11.6 Å². The van der Waals surface area contributed by atoms with E-state index in [4.69, 9.17) is 16.7 Å². The summed E-state index contributed by atoms with van der Waals surface area (Å²) in [7, 11) is 0. The molecule has 0 saturated heterocycles. The van der Waals surface area contributed by atoms with Gasteiger partial charge in [0, 0.05) is 6.07 Å². The fourth-order valence-electron chi connectivity index (χ4n) is 0.298. The van der Waals surface area contributed by atoms with Crippen molar-refractivity contribution in [1.82, 2.24) is 10.2 Å². The lowest BCUT2D eigenvalue weighted by molar-refractivity contribution is 0.469. The summed E-state index contributed by atoms with van der Waals surface area (Å²) in [5, 5.41) is 15.3. The van der Waals surface area contributed by atoms with E-state index in [0.29, 0.717) is 0 Å². The van der Waals surface area contributed by atoms with Crippen LogP contribution < -0.4 is 0 Å². The minimum Gasteiger partial charge on any atom is -0.505 e. The molecular weight excluding hydrogens is 128 g/mol. The molecule has 1 rings (SSSR count). The second-order valence-corrected chi connectivity index (χ2v) is 1.55. The lowest BCUT2D eigenvalue weighted by Crippen LogP contribution is -1.78. The molecule has 1 aromatic rings. The average molecular weight is 130 g/mol. The molecular formula is C4H2ClN2O. The van der Waals surface area contributed by atoms with Gasteiger partial charge in [-0.3, -0.25) is 0 Å². The first-order valence-electron chi connectivity index (χ1n) is 1.89. The van der Waals surface area contributed by atoms with Crippen LogP contribution in [0.15, 0.2) is 6.07 Å². The Kier molecular flexibility index (Phi) is 1.30. The highest BCUT2D eigenvalue weighted by molar-refractivity contribution is 6.29. The highest BCUT2D eigenvalue weighted by atomic mass is 35.5. The van der Waals surface area contributed by atoms with E-state index in [1.165, 1.54) is 6.07 Å². The van der Waals surface area contributed by atoms with Gasteiger partial charge in [0.25, 0.3) is 0 Å². The van der Waals surface area contributed by atoms with Crippen molar-refractivity contribution < 1.29 is 5.11 Å². The zero-order valence-electron chi connectivity index (χ0n) is 3.80. The summed E-state index contributed by atoms with van der Waals surface area (Å²) in [6.07, 6.45) is 2.18. The third-order valence-corrected chi connectivity index (χ3v) is 0.751. The maximum atomic E-state index is 8.57. The molecule has 0 aliphatic heterocycles. The predicted octanol–water partition coefficient (Wildman–Crippen LogP) is 0.636. The van der Waals surface area contributed by atoms with Crippen LogP contribution in [0.2, 0.25) is 5.15 Å². The maximum absolute atomic E-state index is 8.57. The van der Waals surface area contributed by atoms with Crippen molar-refractivity contribution in [2.75, 3.05) is 0 Å². The second-order valence-electron chi connectivity index (χ2n) is 1.16. The minimum atomic E-state index is -0.0926. The normalized spacial score (nSPS) is 9.12. The Labute approximate surface area is 50.9 Å². The van der Waals surface area contributed by atoms with Gasteiger partial charge in [0.15, 0.2) is 11.3 Å². The molecule has 1 heterocycles. The minimum absolute atomic E-state index is 0.0926. The Bertz CT molecular complexity index is 174. The number of rotatable bonds is 0. The number of hydrogen-bond donors (Lipinski definition) is 1. The van der Waals surface area contributed by atoms with E-state index < -0.39 is 0 Å². The molecule has 0 unspecified atom stereocenters. The van der Waals surface area contributed by atoms with Gasteiger partial charge in [0.1, 0.15) is 5.75 Å². The topological polar surface area (TPSA) is 46.0 Å². The first-order valence-corrected chi connectivity index (χ1v) is 2.27. The second kappa shape index (κ2) is 1.96. The third-order valence-electron chi connectivity index (χ3n) is 0.566. The molecule has 1 N–H and O–H groups in total. The summed E-state index contributed by atoms with van der Waals surface area (Å²) >= 11 is 5.29. The van der Waals surface area contributed by atoms with Crippen LogP contribution in [-0.4, -0.2) is 15.3 Å². The Hall–Kier alpha value is -0.830. The van der Waals surface area contributed by atoms with E-state index >= 15 is 0 Å².